The lowest BCUT2D eigenvalue weighted by Crippen LogP contribution is -2.25. The van der Waals surface area contributed by atoms with Crippen LogP contribution < -0.4 is 9.46 Å². The molecule has 1 aromatic rings. The lowest BCUT2D eigenvalue weighted by Gasteiger charge is -2.18. The first-order valence-corrected chi connectivity index (χ1v) is 7.84. The van der Waals surface area contributed by atoms with Gasteiger partial charge in [0.25, 0.3) is 0 Å². The number of fused-ring (bicyclic) bond motifs is 1. The van der Waals surface area contributed by atoms with E-state index < -0.39 is 10.0 Å². The minimum Gasteiger partial charge on any atom is -0.487 e. The topological polar surface area (TPSA) is 55.4 Å². The van der Waals surface area contributed by atoms with E-state index in [1.165, 1.54) is 7.05 Å². The summed E-state index contributed by atoms with van der Waals surface area (Å²) in [5, 5.41) is 0. The maximum atomic E-state index is 12.2. The van der Waals surface area contributed by atoms with Gasteiger partial charge in [0.15, 0.2) is 0 Å². The van der Waals surface area contributed by atoms with Crippen molar-refractivity contribution >= 4 is 10.0 Å². The molecular weight excluding hydrogens is 262 g/mol. The molecule has 0 aliphatic carbocycles. The second-order valence-electron chi connectivity index (χ2n) is 5.76. The van der Waals surface area contributed by atoms with Crippen molar-refractivity contribution < 1.29 is 13.2 Å². The number of sulfonamides is 1. The maximum Gasteiger partial charge on any atom is 0.240 e. The SMILES string of the molecule is CNS(=O)(=O)c1c(C)c(C)c2c(c1C)CC(C)(C)O2. The highest BCUT2D eigenvalue weighted by atomic mass is 32.2. The van der Waals surface area contributed by atoms with Gasteiger partial charge >= 0.3 is 0 Å². The highest BCUT2D eigenvalue weighted by Crippen LogP contribution is 2.43. The Labute approximate surface area is 115 Å². The quantitative estimate of drug-likeness (QED) is 0.905. The summed E-state index contributed by atoms with van der Waals surface area (Å²) in [7, 11) is -2.00. The van der Waals surface area contributed by atoms with Crippen molar-refractivity contribution in [3.63, 3.8) is 0 Å². The van der Waals surface area contributed by atoms with E-state index in [0.717, 1.165) is 34.4 Å². The molecule has 4 nitrogen and oxygen atoms in total. The molecule has 0 atom stereocenters. The first-order valence-electron chi connectivity index (χ1n) is 6.36. The predicted molar refractivity (Wildman–Crippen MR) is 75.3 cm³/mol. The van der Waals surface area contributed by atoms with Gasteiger partial charge in [0.2, 0.25) is 10.0 Å². The van der Waals surface area contributed by atoms with Crippen molar-refractivity contribution in [3.8, 4) is 5.75 Å². The zero-order valence-electron chi connectivity index (χ0n) is 12.3. The molecular formula is C14H21NO3S. The van der Waals surface area contributed by atoms with Gasteiger partial charge in [0.1, 0.15) is 11.4 Å². The summed E-state index contributed by atoms with van der Waals surface area (Å²) in [5.74, 6) is 0.857. The van der Waals surface area contributed by atoms with Crippen LogP contribution in [-0.4, -0.2) is 21.1 Å². The van der Waals surface area contributed by atoms with Crippen LogP contribution in [0.15, 0.2) is 4.90 Å². The van der Waals surface area contributed by atoms with Crippen LogP contribution in [0.2, 0.25) is 0 Å². The van der Waals surface area contributed by atoms with Gasteiger partial charge in [0.05, 0.1) is 4.90 Å². The third kappa shape index (κ3) is 2.15. The first-order chi connectivity index (χ1) is 8.60. The fourth-order valence-corrected chi connectivity index (χ4v) is 4.04. The number of ether oxygens (including phenoxy) is 1. The molecule has 0 bridgehead atoms. The molecule has 0 fully saturated rings. The lowest BCUT2D eigenvalue weighted by atomic mass is 9.94. The van der Waals surface area contributed by atoms with Crippen molar-refractivity contribution in [1.29, 1.82) is 0 Å². The van der Waals surface area contributed by atoms with Gasteiger partial charge < -0.3 is 4.74 Å². The van der Waals surface area contributed by atoms with Crippen molar-refractivity contribution in [2.24, 2.45) is 0 Å². The summed E-state index contributed by atoms with van der Waals surface area (Å²) in [4.78, 5) is 0.396. The van der Waals surface area contributed by atoms with Crippen molar-refractivity contribution in [2.45, 2.75) is 51.5 Å². The Balaban J connectivity index is 2.80. The molecule has 1 aliphatic heterocycles. The van der Waals surface area contributed by atoms with Crippen LogP contribution in [-0.2, 0) is 16.4 Å². The van der Waals surface area contributed by atoms with Gasteiger partial charge in [0, 0.05) is 12.0 Å². The van der Waals surface area contributed by atoms with Crippen molar-refractivity contribution in [1.82, 2.24) is 4.72 Å². The van der Waals surface area contributed by atoms with E-state index in [1.807, 2.05) is 34.6 Å². The minimum absolute atomic E-state index is 0.272. The first kappa shape index (κ1) is 14.3. The van der Waals surface area contributed by atoms with E-state index in [1.54, 1.807) is 0 Å². The molecule has 0 saturated carbocycles. The maximum absolute atomic E-state index is 12.2. The molecule has 0 saturated heterocycles. The fraction of sp³-hybridized carbons (Fsp3) is 0.571. The van der Waals surface area contributed by atoms with Crippen LogP contribution in [0.3, 0.4) is 0 Å². The Morgan fingerprint density at radius 2 is 1.68 bits per heavy atom. The molecule has 106 valence electrons. The summed E-state index contributed by atoms with van der Waals surface area (Å²) < 4.78 is 32.8. The van der Waals surface area contributed by atoms with Crippen LogP contribution in [0.1, 0.15) is 36.1 Å². The van der Waals surface area contributed by atoms with E-state index >= 15 is 0 Å². The number of benzene rings is 1. The van der Waals surface area contributed by atoms with E-state index in [9.17, 15) is 8.42 Å². The third-order valence-corrected chi connectivity index (χ3v) is 5.52. The van der Waals surface area contributed by atoms with Gasteiger partial charge in [-0.15, -0.1) is 0 Å². The average molecular weight is 283 g/mol. The molecule has 1 aliphatic rings. The second-order valence-corrected chi connectivity index (χ2v) is 7.58. The summed E-state index contributed by atoms with van der Waals surface area (Å²) in [6.45, 7) is 9.66. The summed E-state index contributed by atoms with van der Waals surface area (Å²) in [5.41, 5.74) is 3.23. The number of hydrogen-bond acceptors (Lipinski definition) is 3. The largest absolute Gasteiger partial charge is 0.487 e. The van der Waals surface area contributed by atoms with E-state index in [-0.39, 0.29) is 5.60 Å². The molecule has 0 unspecified atom stereocenters. The zero-order chi connectivity index (χ0) is 14.6. The lowest BCUT2D eigenvalue weighted by molar-refractivity contribution is 0.137. The summed E-state index contributed by atoms with van der Waals surface area (Å²) in [6.07, 6.45) is 0.738. The van der Waals surface area contributed by atoms with Gasteiger partial charge in [-0.25, -0.2) is 13.1 Å². The molecule has 19 heavy (non-hydrogen) atoms. The van der Waals surface area contributed by atoms with E-state index in [4.69, 9.17) is 4.74 Å². The standard InChI is InChI=1S/C14H21NO3S/c1-8-9(2)13(19(16,17)15-6)10(3)11-7-14(4,5)18-12(8)11/h15H,7H2,1-6H3. The molecule has 0 amide bonds. The molecule has 0 aromatic heterocycles. The van der Waals surface area contributed by atoms with Crippen LogP contribution in [0.5, 0.6) is 5.75 Å². The molecule has 1 heterocycles. The molecule has 5 heteroatoms. The van der Waals surface area contributed by atoms with Gasteiger partial charge in [-0.3, -0.25) is 0 Å². The summed E-state index contributed by atoms with van der Waals surface area (Å²) in [6, 6.07) is 0. The average Bonchev–Trinajstić information content (AvgIpc) is 2.63. The van der Waals surface area contributed by atoms with Crippen LogP contribution in [0.4, 0.5) is 0 Å². The smallest absolute Gasteiger partial charge is 0.240 e. The molecule has 0 spiro atoms. The highest BCUT2D eigenvalue weighted by molar-refractivity contribution is 7.89. The van der Waals surface area contributed by atoms with Crippen LogP contribution >= 0.6 is 0 Å². The molecule has 2 rings (SSSR count). The van der Waals surface area contributed by atoms with Crippen LogP contribution in [0.25, 0.3) is 0 Å². The Bertz CT molecular complexity index is 645. The van der Waals surface area contributed by atoms with Gasteiger partial charge in [-0.2, -0.15) is 0 Å². The van der Waals surface area contributed by atoms with E-state index in [0.29, 0.717) is 4.90 Å². The third-order valence-electron chi connectivity index (χ3n) is 3.83. The predicted octanol–water partition coefficient (Wildman–Crippen LogP) is 2.23. The highest BCUT2D eigenvalue weighted by Gasteiger charge is 2.36. The summed E-state index contributed by atoms with van der Waals surface area (Å²) >= 11 is 0. The van der Waals surface area contributed by atoms with Gasteiger partial charge in [-0.05, 0) is 58.4 Å². The Kier molecular flexibility index (Phi) is 3.18. The second kappa shape index (κ2) is 4.21. The number of rotatable bonds is 2. The Hall–Kier alpha value is -1.07. The zero-order valence-corrected chi connectivity index (χ0v) is 13.2. The molecule has 1 aromatic carbocycles. The van der Waals surface area contributed by atoms with Crippen molar-refractivity contribution in [2.75, 3.05) is 7.05 Å². The Morgan fingerprint density at radius 3 is 2.21 bits per heavy atom. The Morgan fingerprint density at radius 1 is 1.11 bits per heavy atom. The fourth-order valence-electron chi connectivity index (χ4n) is 2.75. The minimum atomic E-state index is -3.45. The molecule has 1 N–H and O–H groups in total. The number of hydrogen-bond donors (Lipinski definition) is 1. The monoisotopic (exact) mass is 283 g/mol. The van der Waals surface area contributed by atoms with Crippen LogP contribution in [0, 0.1) is 20.8 Å². The number of nitrogens with one attached hydrogen (secondary N) is 1. The molecule has 0 radical (unpaired) electrons. The van der Waals surface area contributed by atoms with E-state index in [2.05, 4.69) is 4.72 Å². The normalized spacial score (nSPS) is 17.2. The van der Waals surface area contributed by atoms with Crippen molar-refractivity contribution in [3.05, 3.63) is 22.3 Å². The van der Waals surface area contributed by atoms with Gasteiger partial charge in [-0.1, -0.05) is 0 Å².